The third-order valence-electron chi connectivity index (χ3n) is 5.53. The van der Waals surface area contributed by atoms with E-state index in [0.29, 0.717) is 11.7 Å². The van der Waals surface area contributed by atoms with Gasteiger partial charge in [0, 0.05) is 12.0 Å². The fourth-order valence-electron chi connectivity index (χ4n) is 4.50. The van der Waals surface area contributed by atoms with Gasteiger partial charge in [0.05, 0.1) is 6.54 Å². The molecule has 0 bridgehead atoms. The normalized spacial score (nSPS) is 31.4. The Morgan fingerprint density at radius 3 is 2.28 bits per heavy atom. The molecule has 0 radical (unpaired) electrons. The Hall–Kier alpha value is -0.370. The third-order valence-corrected chi connectivity index (χ3v) is 5.53. The Morgan fingerprint density at radius 1 is 0.889 bits per heavy atom. The number of hydrogen-bond acceptors (Lipinski definition) is 2. The molecule has 0 aromatic heterocycles. The van der Waals surface area contributed by atoms with Gasteiger partial charge in [0.15, 0.2) is 0 Å². The van der Waals surface area contributed by atoms with Crippen molar-refractivity contribution in [3.8, 4) is 0 Å². The highest BCUT2D eigenvalue weighted by Gasteiger charge is 2.35. The maximum absolute atomic E-state index is 12.3. The highest BCUT2D eigenvalue weighted by atomic mass is 16.1. The Balaban J connectivity index is 1.55. The maximum Gasteiger partial charge on any atom is 0.149 e. The molecule has 18 heavy (non-hydrogen) atoms. The average molecular weight is 249 g/mol. The van der Waals surface area contributed by atoms with Crippen molar-refractivity contribution in [2.24, 2.45) is 11.8 Å². The van der Waals surface area contributed by atoms with E-state index < -0.39 is 0 Å². The standard InChI is InChI=1S/C16H27NO/c18-16(14-8-3-4-9-14)12-17-11-5-10-15(17)13-6-1-2-7-13/h13-15H,1-12H2. The number of Topliss-reactive ketones (excluding diaryl/α,β-unsaturated/α-hetero) is 1. The summed E-state index contributed by atoms with van der Waals surface area (Å²) in [7, 11) is 0. The lowest BCUT2D eigenvalue weighted by Crippen LogP contribution is -2.39. The van der Waals surface area contributed by atoms with E-state index in [1.54, 1.807) is 0 Å². The first-order valence-corrected chi connectivity index (χ1v) is 8.11. The molecular weight excluding hydrogens is 222 g/mol. The van der Waals surface area contributed by atoms with Gasteiger partial charge in [0.25, 0.3) is 0 Å². The number of nitrogens with zero attached hydrogens (tertiary/aromatic N) is 1. The van der Waals surface area contributed by atoms with Gasteiger partial charge >= 0.3 is 0 Å². The van der Waals surface area contributed by atoms with Gasteiger partial charge < -0.3 is 0 Å². The molecule has 1 aliphatic heterocycles. The molecule has 1 unspecified atom stereocenters. The predicted molar refractivity (Wildman–Crippen MR) is 73.5 cm³/mol. The van der Waals surface area contributed by atoms with Crippen molar-refractivity contribution in [2.45, 2.75) is 70.3 Å². The molecular formula is C16H27NO. The van der Waals surface area contributed by atoms with Gasteiger partial charge in [0.1, 0.15) is 5.78 Å². The first kappa shape index (κ1) is 12.7. The summed E-state index contributed by atoms with van der Waals surface area (Å²) in [6, 6.07) is 0.748. The van der Waals surface area contributed by atoms with E-state index in [2.05, 4.69) is 4.90 Å². The molecule has 1 saturated heterocycles. The summed E-state index contributed by atoms with van der Waals surface area (Å²) < 4.78 is 0. The highest BCUT2D eigenvalue weighted by molar-refractivity contribution is 5.83. The quantitative estimate of drug-likeness (QED) is 0.761. The first-order valence-electron chi connectivity index (χ1n) is 8.11. The van der Waals surface area contributed by atoms with Crippen molar-refractivity contribution < 1.29 is 4.79 Å². The molecule has 3 fully saturated rings. The first-order chi connectivity index (χ1) is 8.84. The maximum atomic E-state index is 12.3. The molecule has 3 aliphatic rings. The molecule has 0 amide bonds. The zero-order chi connectivity index (χ0) is 12.4. The van der Waals surface area contributed by atoms with Crippen LogP contribution >= 0.6 is 0 Å². The van der Waals surface area contributed by atoms with E-state index in [0.717, 1.165) is 18.5 Å². The Kier molecular flexibility index (Phi) is 4.03. The second-order valence-corrected chi connectivity index (χ2v) is 6.67. The molecule has 0 aromatic carbocycles. The Labute approximate surface area is 111 Å². The van der Waals surface area contributed by atoms with Crippen LogP contribution in [0.3, 0.4) is 0 Å². The molecule has 102 valence electrons. The largest absolute Gasteiger partial charge is 0.298 e. The van der Waals surface area contributed by atoms with Crippen molar-refractivity contribution in [1.29, 1.82) is 0 Å². The minimum Gasteiger partial charge on any atom is -0.298 e. The Bertz CT molecular complexity index is 289. The summed E-state index contributed by atoms with van der Waals surface area (Å²) in [6.45, 7) is 1.95. The predicted octanol–water partition coefficient (Wildman–Crippen LogP) is 3.40. The lowest BCUT2D eigenvalue weighted by molar-refractivity contribution is -0.124. The third kappa shape index (κ3) is 2.64. The molecule has 2 nitrogen and oxygen atoms in total. The zero-order valence-corrected chi connectivity index (χ0v) is 11.6. The Morgan fingerprint density at radius 2 is 1.56 bits per heavy atom. The summed E-state index contributed by atoms with van der Waals surface area (Å²) >= 11 is 0. The van der Waals surface area contributed by atoms with Crippen LogP contribution in [0.15, 0.2) is 0 Å². The minimum atomic E-state index is 0.412. The van der Waals surface area contributed by atoms with Crippen LogP contribution in [0, 0.1) is 11.8 Å². The van der Waals surface area contributed by atoms with Crippen LogP contribution < -0.4 is 0 Å². The van der Waals surface area contributed by atoms with Crippen LogP contribution in [0.25, 0.3) is 0 Å². The summed E-state index contributed by atoms with van der Waals surface area (Å²) in [5, 5.41) is 0. The van der Waals surface area contributed by atoms with Gasteiger partial charge in [-0.05, 0) is 51.0 Å². The summed E-state index contributed by atoms with van der Waals surface area (Å²) in [5.41, 5.74) is 0. The van der Waals surface area contributed by atoms with Crippen molar-refractivity contribution in [2.75, 3.05) is 13.1 Å². The average Bonchev–Trinajstić information content (AvgIpc) is 3.11. The molecule has 2 saturated carbocycles. The van der Waals surface area contributed by atoms with Crippen LogP contribution in [-0.4, -0.2) is 29.8 Å². The summed E-state index contributed by atoms with van der Waals surface area (Å²) in [6.07, 6.45) is 13.2. The smallest absolute Gasteiger partial charge is 0.149 e. The van der Waals surface area contributed by atoms with E-state index in [-0.39, 0.29) is 0 Å². The molecule has 2 aliphatic carbocycles. The van der Waals surface area contributed by atoms with Gasteiger partial charge in [-0.3, -0.25) is 9.69 Å². The fourth-order valence-corrected chi connectivity index (χ4v) is 4.50. The number of carbonyl (C=O) groups is 1. The minimum absolute atomic E-state index is 0.412. The molecule has 1 atom stereocenters. The lowest BCUT2D eigenvalue weighted by atomic mass is 9.95. The molecule has 0 spiro atoms. The van der Waals surface area contributed by atoms with E-state index >= 15 is 0 Å². The van der Waals surface area contributed by atoms with Crippen molar-refractivity contribution in [3.63, 3.8) is 0 Å². The molecule has 0 N–H and O–H groups in total. The van der Waals surface area contributed by atoms with Gasteiger partial charge in [-0.15, -0.1) is 0 Å². The van der Waals surface area contributed by atoms with Gasteiger partial charge in [0.2, 0.25) is 0 Å². The number of ketones is 1. The van der Waals surface area contributed by atoms with E-state index in [9.17, 15) is 4.79 Å². The summed E-state index contributed by atoms with van der Waals surface area (Å²) in [5.74, 6) is 1.87. The van der Waals surface area contributed by atoms with Crippen LogP contribution in [0.5, 0.6) is 0 Å². The fraction of sp³-hybridized carbons (Fsp3) is 0.938. The molecule has 2 heteroatoms. The number of likely N-dealkylation sites (tertiary alicyclic amines) is 1. The van der Waals surface area contributed by atoms with Crippen LogP contribution in [0.1, 0.15) is 64.2 Å². The molecule has 1 heterocycles. The van der Waals surface area contributed by atoms with E-state index in [1.807, 2.05) is 0 Å². The van der Waals surface area contributed by atoms with Crippen molar-refractivity contribution in [3.05, 3.63) is 0 Å². The molecule has 0 aromatic rings. The topological polar surface area (TPSA) is 20.3 Å². The summed E-state index contributed by atoms with van der Waals surface area (Å²) in [4.78, 5) is 14.9. The lowest BCUT2D eigenvalue weighted by Gasteiger charge is -2.29. The second kappa shape index (κ2) is 5.73. The van der Waals surface area contributed by atoms with E-state index in [1.165, 1.54) is 70.8 Å². The second-order valence-electron chi connectivity index (χ2n) is 6.67. The van der Waals surface area contributed by atoms with Crippen molar-refractivity contribution in [1.82, 2.24) is 4.90 Å². The zero-order valence-electron chi connectivity index (χ0n) is 11.6. The van der Waals surface area contributed by atoms with Gasteiger partial charge in [-0.2, -0.15) is 0 Å². The SMILES string of the molecule is O=C(CN1CCCC1C1CCCC1)C1CCCC1. The van der Waals surface area contributed by atoms with Crippen LogP contribution in [0.2, 0.25) is 0 Å². The van der Waals surface area contributed by atoms with E-state index in [4.69, 9.17) is 0 Å². The highest BCUT2D eigenvalue weighted by Crippen LogP contribution is 2.35. The number of carbonyl (C=O) groups excluding carboxylic acids is 1. The van der Waals surface area contributed by atoms with Gasteiger partial charge in [-0.1, -0.05) is 25.7 Å². The number of hydrogen-bond donors (Lipinski definition) is 0. The van der Waals surface area contributed by atoms with Gasteiger partial charge in [-0.25, -0.2) is 0 Å². The van der Waals surface area contributed by atoms with Crippen LogP contribution in [0.4, 0.5) is 0 Å². The molecule has 3 rings (SSSR count). The van der Waals surface area contributed by atoms with Crippen molar-refractivity contribution >= 4 is 5.78 Å². The monoisotopic (exact) mass is 249 g/mol. The van der Waals surface area contributed by atoms with Crippen LogP contribution in [-0.2, 0) is 4.79 Å². The number of rotatable bonds is 4.